The number of rotatable bonds is 3. The second-order valence-corrected chi connectivity index (χ2v) is 7.86. The Bertz CT molecular complexity index is 887. The highest BCUT2D eigenvalue weighted by Gasteiger charge is 2.25. The van der Waals surface area contributed by atoms with Crippen LogP contribution in [0.15, 0.2) is 24.3 Å². The van der Waals surface area contributed by atoms with Crippen molar-refractivity contribution in [3.63, 3.8) is 0 Å². The molecule has 0 aliphatic carbocycles. The number of carbonyl (C=O) groups is 1. The molecule has 0 atom stereocenters. The molecule has 1 aromatic heterocycles. The van der Waals surface area contributed by atoms with Crippen LogP contribution in [0.3, 0.4) is 0 Å². The fourth-order valence-corrected chi connectivity index (χ4v) is 3.97. The Morgan fingerprint density at radius 3 is 2.31 bits per heavy atom. The van der Waals surface area contributed by atoms with Crippen molar-refractivity contribution in [2.24, 2.45) is 0 Å². The Kier molecular flexibility index (Phi) is 5.67. The molecule has 4 rings (SSSR count). The summed E-state index contributed by atoms with van der Waals surface area (Å²) < 4.78 is 5.44. The molecule has 0 spiro atoms. The molecule has 0 unspecified atom stereocenters. The summed E-state index contributed by atoms with van der Waals surface area (Å²) in [5.41, 5.74) is 3.99. The lowest BCUT2D eigenvalue weighted by Gasteiger charge is -2.36. The van der Waals surface area contributed by atoms with Gasteiger partial charge < -0.3 is 19.4 Å². The molecule has 1 amide bonds. The largest absolute Gasteiger partial charge is 0.378 e. The molecule has 3 heterocycles. The van der Waals surface area contributed by atoms with E-state index < -0.39 is 0 Å². The van der Waals surface area contributed by atoms with Crippen LogP contribution in [0.2, 0.25) is 0 Å². The van der Waals surface area contributed by atoms with E-state index in [1.54, 1.807) is 0 Å². The summed E-state index contributed by atoms with van der Waals surface area (Å²) in [5.74, 6) is 1.84. The first-order chi connectivity index (χ1) is 14.0. The van der Waals surface area contributed by atoms with Gasteiger partial charge >= 0.3 is 0 Å². The van der Waals surface area contributed by atoms with Crippen molar-refractivity contribution in [3.05, 3.63) is 46.6 Å². The Balaban J connectivity index is 1.44. The van der Waals surface area contributed by atoms with Crippen LogP contribution in [0.1, 0.15) is 27.2 Å². The van der Waals surface area contributed by atoms with Gasteiger partial charge in [-0.05, 0) is 32.4 Å². The van der Waals surface area contributed by atoms with Crippen molar-refractivity contribution < 1.29 is 9.53 Å². The maximum atomic E-state index is 13.0. The van der Waals surface area contributed by atoms with E-state index in [1.165, 1.54) is 5.56 Å². The number of benzene rings is 1. The highest BCUT2D eigenvalue weighted by molar-refractivity contribution is 5.95. The number of piperazine rings is 1. The van der Waals surface area contributed by atoms with Gasteiger partial charge in [0.1, 0.15) is 5.82 Å². The number of aromatic nitrogens is 2. The molecule has 2 saturated heterocycles. The molecular formula is C22H29N5O2. The zero-order valence-corrected chi connectivity index (χ0v) is 17.5. The second-order valence-electron chi connectivity index (χ2n) is 7.86. The second kappa shape index (κ2) is 8.37. The number of morpholine rings is 1. The van der Waals surface area contributed by atoms with Crippen molar-refractivity contribution >= 4 is 17.7 Å². The van der Waals surface area contributed by atoms with Gasteiger partial charge in [-0.2, -0.15) is 4.98 Å². The number of aryl methyl sites for hydroxylation is 3. The van der Waals surface area contributed by atoms with E-state index in [0.29, 0.717) is 26.3 Å². The summed E-state index contributed by atoms with van der Waals surface area (Å²) >= 11 is 0. The standard InChI is InChI=1S/C22H29N5O2/c1-16-4-5-19(17(2)14-16)21(28)26-8-6-25(7-9-26)20-15-18(3)23-22(24-20)27-10-12-29-13-11-27/h4-5,14-15H,6-13H2,1-3H3. The van der Waals surface area contributed by atoms with Gasteiger partial charge in [0.15, 0.2) is 0 Å². The van der Waals surface area contributed by atoms with Crippen LogP contribution in [0.4, 0.5) is 11.8 Å². The number of hydrogen-bond acceptors (Lipinski definition) is 6. The first-order valence-electron chi connectivity index (χ1n) is 10.3. The number of hydrogen-bond donors (Lipinski definition) is 0. The van der Waals surface area contributed by atoms with Crippen LogP contribution < -0.4 is 9.80 Å². The van der Waals surface area contributed by atoms with Gasteiger partial charge in [-0.25, -0.2) is 4.98 Å². The molecule has 2 aliphatic heterocycles. The van der Waals surface area contributed by atoms with Crippen molar-refractivity contribution in [2.45, 2.75) is 20.8 Å². The van der Waals surface area contributed by atoms with Gasteiger partial charge in [0, 0.05) is 56.6 Å². The number of nitrogens with zero attached hydrogens (tertiary/aromatic N) is 5. The molecule has 29 heavy (non-hydrogen) atoms. The zero-order chi connectivity index (χ0) is 20.4. The lowest BCUT2D eigenvalue weighted by molar-refractivity contribution is 0.0746. The van der Waals surface area contributed by atoms with Gasteiger partial charge in [-0.1, -0.05) is 17.7 Å². The predicted octanol–water partition coefficient (Wildman–Crippen LogP) is 2.20. The Morgan fingerprint density at radius 2 is 1.62 bits per heavy atom. The fraction of sp³-hybridized carbons (Fsp3) is 0.500. The SMILES string of the molecule is Cc1ccc(C(=O)N2CCN(c3cc(C)nc(N4CCOCC4)n3)CC2)c(C)c1. The van der Waals surface area contributed by atoms with Gasteiger partial charge in [-0.3, -0.25) is 4.79 Å². The Hall–Kier alpha value is -2.67. The maximum absolute atomic E-state index is 13.0. The average molecular weight is 396 g/mol. The van der Waals surface area contributed by atoms with Crippen LogP contribution in [0.25, 0.3) is 0 Å². The van der Waals surface area contributed by atoms with Crippen LogP contribution in [0.5, 0.6) is 0 Å². The van der Waals surface area contributed by atoms with Gasteiger partial charge in [-0.15, -0.1) is 0 Å². The quantitative estimate of drug-likeness (QED) is 0.794. The third kappa shape index (κ3) is 4.34. The molecule has 2 aliphatic rings. The van der Waals surface area contributed by atoms with E-state index in [-0.39, 0.29) is 5.91 Å². The van der Waals surface area contributed by atoms with Crippen molar-refractivity contribution in [1.29, 1.82) is 0 Å². The number of carbonyl (C=O) groups excluding carboxylic acids is 1. The van der Waals surface area contributed by atoms with Gasteiger partial charge in [0.25, 0.3) is 5.91 Å². The molecule has 2 fully saturated rings. The van der Waals surface area contributed by atoms with E-state index in [9.17, 15) is 4.79 Å². The molecule has 1 aromatic carbocycles. The minimum absolute atomic E-state index is 0.120. The average Bonchev–Trinajstić information content (AvgIpc) is 2.74. The summed E-state index contributed by atoms with van der Waals surface area (Å²) in [7, 11) is 0. The first-order valence-corrected chi connectivity index (χ1v) is 10.3. The molecule has 7 heteroatoms. The molecule has 154 valence electrons. The molecule has 7 nitrogen and oxygen atoms in total. The number of anilines is 2. The molecular weight excluding hydrogens is 366 g/mol. The Labute approximate surface area is 172 Å². The Morgan fingerprint density at radius 1 is 0.897 bits per heavy atom. The summed E-state index contributed by atoms with van der Waals surface area (Å²) in [6, 6.07) is 8.06. The third-order valence-electron chi connectivity index (χ3n) is 5.63. The van der Waals surface area contributed by atoms with Crippen molar-refractivity contribution in [1.82, 2.24) is 14.9 Å². The van der Waals surface area contributed by atoms with E-state index in [1.807, 2.05) is 36.9 Å². The van der Waals surface area contributed by atoms with Crippen LogP contribution in [-0.4, -0.2) is 73.3 Å². The summed E-state index contributed by atoms with van der Waals surface area (Å²) in [5, 5.41) is 0. The molecule has 0 saturated carbocycles. The van der Waals surface area contributed by atoms with Crippen LogP contribution in [0, 0.1) is 20.8 Å². The smallest absolute Gasteiger partial charge is 0.254 e. The maximum Gasteiger partial charge on any atom is 0.254 e. The van der Waals surface area contributed by atoms with Crippen LogP contribution in [-0.2, 0) is 4.74 Å². The van der Waals surface area contributed by atoms with Gasteiger partial charge in [0.05, 0.1) is 13.2 Å². The zero-order valence-electron chi connectivity index (χ0n) is 17.5. The minimum atomic E-state index is 0.120. The lowest BCUT2D eigenvalue weighted by atomic mass is 10.0. The molecule has 2 aromatic rings. The van der Waals surface area contributed by atoms with Crippen molar-refractivity contribution in [2.75, 3.05) is 62.3 Å². The van der Waals surface area contributed by atoms with Crippen molar-refractivity contribution in [3.8, 4) is 0 Å². The first kappa shape index (κ1) is 19.6. The summed E-state index contributed by atoms with van der Waals surface area (Å²) in [4.78, 5) is 28.8. The summed E-state index contributed by atoms with van der Waals surface area (Å²) in [6.45, 7) is 12.1. The monoisotopic (exact) mass is 395 g/mol. The van der Waals surface area contributed by atoms with E-state index >= 15 is 0 Å². The number of amides is 1. The highest BCUT2D eigenvalue weighted by Crippen LogP contribution is 2.21. The minimum Gasteiger partial charge on any atom is -0.378 e. The third-order valence-corrected chi connectivity index (χ3v) is 5.63. The predicted molar refractivity (Wildman–Crippen MR) is 114 cm³/mol. The van der Waals surface area contributed by atoms with E-state index in [2.05, 4.69) is 27.8 Å². The summed E-state index contributed by atoms with van der Waals surface area (Å²) in [6.07, 6.45) is 0. The molecule has 0 radical (unpaired) electrons. The lowest BCUT2D eigenvalue weighted by Crippen LogP contribution is -2.49. The van der Waals surface area contributed by atoms with Crippen LogP contribution >= 0.6 is 0 Å². The van der Waals surface area contributed by atoms with Gasteiger partial charge in [0.2, 0.25) is 5.95 Å². The highest BCUT2D eigenvalue weighted by atomic mass is 16.5. The number of ether oxygens (including phenoxy) is 1. The topological polar surface area (TPSA) is 61.8 Å². The fourth-order valence-electron chi connectivity index (χ4n) is 3.97. The molecule has 0 bridgehead atoms. The van der Waals surface area contributed by atoms with E-state index in [0.717, 1.165) is 54.8 Å². The normalized spacial score (nSPS) is 17.6. The molecule has 0 N–H and O–H groups in total. The van der Waals surface area contributed by atoms with E-state index in [4.69, 9.17) is 9.72 Å².